The summed E-state index contributed by atoms with van der Waals surface area (Å²) in [6.07, 6.45) is 0. The van der Waals surface area contributed by atoms with E-state index in [4.69, 9.17) is 15.6 Å². The number of nitrogens with zero attached hydrogens (tertiary/aromatic N) is 2. The second kappa shape index (κ2) is 8.25. The lowest BCUT2D eigenvalue weighted by Crippen LogP contribution is -2.03. The van der Waals surface area contributed by atoms with Crippen LogP contribution in [0.4, 0.5) is 17.6 Å². The first-order valence-corrected chi connectivity index (χ1v) is 5.90. The van der Waals surface area contributed by atoms with E-state index in [9.17, 15) is 17.6 Å². The van der Waals surface area contributed by atoms with E-state index in [1.807, 2.05) is 0 Å². The fraction of sp³-hybridized carbons (Fsp3) is 0.0667. The van der Waals surface area contributed by atoms with Gasteiger partial charge in [0.25, 0.3) is 0 Å². The van der Waals surface area contributed by atoms with Gasteiger partial charge in [-0.1, -0.05) is 0 Å². The average Bonchev–Trinajstić information content (AvgIpc) is 2.52. The van der Waals surface area contributed by atoms with Crippen molar-refractivity contribution in [2.45, 2.75) is 6.61 Å². The third kappa shape index (κ3) is 5.56. The zero-order valence-electron chi connectivity index (χ0n) is 11.3. The largest absolute Gasteiger partial charge is 0.505 e. The fourth-order valence-corrected chi connectivity index (χ4v) is 1.34. The second-order valence-corrected chi connectivity index (χ2v) is 3.91. The van der Waals surface area contributed by atoms with Crippen LogP contribution in [0.25, 0.3) is 0 Å². The summed E-state index contributed by atoms with van der Waals surface area (Å²) in [4.78, 5) is 0. The van der Waals surface area contributed by atoms with Crippen LogP contribution in [0.3, 0.4) is 0 Å². The molecule has 0 bridgehead atoms. The van der Waals surface area contributed by atoms with Crippen molar-refractivity contribution in [1.82, 2.24) is 0 Å². The predicted octanol–water partition coefficient (Wildman–Crippen LogP) is 3.70. The van der Waals surface area contributed by atoms with Crippen LogP contribution in [0.15, 0.2) is 36.4 Å². The Kier molecular flexibility index (Phi) is 6.38. The first kappa shape index (κ1) is 17.8. The van der Waals surface area contributed by atoms with Crippen molar-refractivity contribution in [3.8, 4) is 23.6 Å². The van der Waals surface area contributed by atoms with Crippen molar-refractivity contribution >= 4 is 0 Å². The van der Waals surface area contributed by atoms with Gasteiger partial charge in [-0.2, -0.15) is 19.3 Å². The van der Waals surface area contributed by atoms with Gasteiger partial charge < -0.3 is 9.84 Å². The second-order valence-electron chi connectivity index (χ2n) is 3.91. The highest BCUT2D eigenvalue weighted by atomic mass is 19.3. The first-order chi connectivity index (χ1) is 10.9. The van der Waals surface area contributed by atoms with Crippen LogP contribution in [0.2, 0.25) is 0 Å². The molecule has 118 valence electrons. The Morgan fingerprint density at radius 3 is 1.87 bits per heavy atom. The van der Waals surface area contributed by atoms with Gasteiger partial charge in [-0.05, 0) is 36.4 Å². The highest BCUT2D eigenvalue weighted by Crippen LogP contribution is 2.19. The van der Waals surface area contributed by atoms with Crippen molar-refractivity contribution < 1.29 is 27.4 Å². The monoisotopic (exact) mass is 324 g/mol. The molecule has 0 radical (unpaired) electrons. The van der Waals surface area contributed by atoms with Crippen LogP contribution in [-0.2, 0) is 0 Å². The summed E-state index contributed by atoms with van der Waals surface area (Å²) in [5.41, 5.74) is 0.259. The standard InChI is InChI=1S/C8H4F3NO.C7H4FNO/c9-6-3-5(4-12)1-2-7(6)13-8(10)11;8-6-3-5(4-9)1-2-7(6)10/h1-3,8H;1-3,10H. The third-order valence-electron chi connectivity index (χ3n) is 2.35. The van der Waals surface area contributed by atoms with E-state index in [1.54, 1.807) is 12.1 Å². The SMILES string of the molecule is N#Cc1ccc(O)c(F)c1.N#Cc1ccc(OC(F)F)c(F)c1. The zero-order chi connectivity index (χ0) is 17.4. The summed E-state index contributed by atoms with van der Waals surface area (Å²) < 4.78 is 52.2. The molecule has 0 atom stereocenters. The summed E-state index contributed by atoms with van der Waals surface area (Å²) >= 11 is 0. The summed E-state index contributed by atoms with van der Waals surface area (Å²) in [6, 6.07) is 9.90. The van der Waals surface area contributed by atoms with E-state index in [2.05, 4.69) is 4.74 Å². The van der Waals surface area contributed by atoms with Crippen molar-refractivity contribution in [1.29, 1.82) is 10.5 Å². The molecule has 4 nitrogen and oxygen atoms in total. The van der Waals surface area contributed by atoms with Crippen molar-refractivity contribution in [2.75, 3.05) is 0 Å². The van der Waals surface area contributed by atoms with E-state index in [-0.39, 0.29) is 11.1 Å². The maximum Gasteiger partial charge on any atom is 0.387 e. The van der Waals surface area contributed by atoms with Gasteiger partial charge in [0.2, 0.25) is 0 Å². The predicted molar refractivity (Wildman–Crippen MR) is 70.5 cm³/mol. The minimum atomic E-state index is -3.07. The summed E-state index contributed by atoms with van der Waals surface area (Å²) in [5.74, 6) is -2.73. The van der Waals surface area contributed by atoms with Gasteiger partial charge in [-0.25, -0.2) is 8.78 Å². The fourth-order valence-electron chi connectivity index (χ4n) is 1.34. The number of halogens is 4. The van der Waals surface area contributed by atoms with Crippen LogP contribution < -0.4 is 4.74 Å². The highest BCUT2D eigenvalue weighted by Gasteiger charge is 2.09. The molecular weight excluding hydrogens is 316 g/mol. The maximum atomic E-state index is 12.8. The van der Waals surface area contributed by atoms with Crippen LogP contribution >= 0.6 is 0 Å². The van der Waals surface area contributed by atoms with E-state index < -0.39 is 29.7 Å². The Balaban J connectivity index is 0.000000238. The van der Waals surface area contributed by atoms with Crippen LogP contribution in [0, 0.1) is 34.3 Å². The molecule has 2 aromatic carbocycles. The molecule has 8 heteroatoms. The molecule has 0 heterocycles. The molecular formula is C15H8F4N2O2. The minimum Gasteiger partial charge on any atom is -0.505 e. The Bertz CT molecular complexity index is 767. The molecule has 0 amide bonds. The Labute approximate surface area is 128 Å². The average molecular weight is 324 g/mol. The summed E-state index contributed by atoms with van der Waals surface area (Å²) in [6.45, 7) is -3.07. The van der Waals surface area contributed by atoms with E-state index in [0.717, 1.165) is 24.3 Å². The number of rotatable bonds is 2. The van der Waals surface area contributed by atoms with Crippen LogP contribution in [0.5, 0.6) is 11.5 Å². The Morgan fingerprint density at radius 2 is 1.43 bits per heavy atom. The lowest BCUT2D eigenvalue weighted by atomic mass is 10.2. The number of phenols is 1. The molecule has 0 aliphatic carbocycles. The number of benzene rings is 2. The van der Waals surface area contributed by atoms with Gasteiger partial charge in [0.1, 0.15) is 0 Å². The van der Waals surface area contributed by atoms with E-state index in [1.165, 1.54) is 12.1 Å². The normalized spacial score (nSPS) is 9.35. The maximum absolute atomic E-state index is 12.8. The van der Waals surface area contributed by atoms with E-state index in [0.29, 0.717) is 0 Å². The molecule has 0 saturated heterocycles. The summed E-state index contributed by atoms with van der Waals surface area (Å²) in [5, 5.41) is 25.2. The Hall–Kier alpha value is -3.26. The van der Waals surface area contributed by atoms with Crippen molar-refractivity contribution in [2.24, 2.45) is 0 Å². The molecule has 0 aliphatic heterocycles. The zero-order valence-corrected chi connectivity index (χ0v) is 11.3. The molecule has 2 aromatic rings. The third-order valence-corrected chi connectivity index (χ3v) is 2.35. The number of nitriles is 2. The number of aromatic hydroxyl groups is 1. The summed E-state index contributed by atoms with van der Waals surface area (Å²) in [7, 11) is 0. The van der Waals surface area contributed by atoms with Crippen LogP contribution in [0.1, 0.15) is 11.1 Å². The molecule has 0 aliphatic rings. The molecule has 23 heavy (non-hydrogen) atoms. The topological polar surface area (TPSA) is 77.0 Å². The number of hydrogen-bond acceptors (Lipinski definition) is 4. The number of ether oxygens (including phenoxy) is 1. The van der Waals surface area contributed by atoms with Gasteiger partial charge in [0.15, 0.2) is 23.1 Å². The quantitative estimate of drug-likeness (QED) is 0.855. The molecule has 0 spiro atoms. The number of alkyl halides is 2. The Morgan fingerprint density at radius 1 is 0.913 bits per heavy atom. The lowest BCUT2D eigenvalue weighted by Gasteiger charge is -2.04. The molecule has 0 saturated carbocycles. The van der Waals surface area contributed by atoms with Gasteiger partial charge in [0, 0.05) is 0 Å². The highest BCUT2D eigenvalue weighted by molar-refractivity contribution is 5.36. The lowest BCUT2D eigenvalue weighted by molar-refractivity contribution is -0.0521. The smallest absolute Gasteiger partial charge is 0.387 e. The molecule has 0 unspecified atom stereocenters. The number of hydrogen-bond donors (Lipinski definition) is 1. The van der Waals surface area contributed by atoms with Crippen molar-refractivity contribution in [3.63, 3.8) is 0 Å². The first-order valence-electron chi connectivity index (χ1n) is 5.90. The molecule has 1 N–H and O–H groups in total. The van der Waals surface area contributed by atoms with Gasteiger partial charge in [0.05, 0.1) is 23.3 Å². The minimum absolute atomic E-state index is 0.0547. The van der Waals surface area contributed by atoms with Gasteiger partial charge in [-0.3, -0.25) is 0 Å². The van der Waals surface area contributed by atoms with E-state index >= 15 is 0 Å². The number of phenolic OH excluding ortho intramolecular Hbond substituents is 1. The molecule has 0 fully saturated rings. The molecule has 0 aromatic heterocycles. The van der Waals surface area contributed by atoms with Crippen molar-refractivity contribution in [3.05, 3.63) is 59.2 Å². The van der Waals surface area contributed by atoms with Gasteiger partial charge >= 0.3 is 6.61 Å². The van der Waals surface area contributed by atoms with Crippen LogP contribution in [-0.4, -0.2) is 11.7 Å². The van der Waals surface area contributed by atoms with Gasteiger partial charge in [-0.15, -0.1) is 0 Å². The molecule has 2 rings (SSSR count).